The molecule has 0 saturated heterocycles. The average molecular weight is 300 g/mol. The highest BCUT2D eigenvalue weighted by atomic mass is 16.1. The summed E-state index contributed by atoms with van der Waals surface area (Å²) < 4.78 is 0. The highest BCUT2D eigenvalue weighted by Crippen LogP contribution is 2.42. The zero-order valence-electron chi connectivity index (χ0n) is 13.6. The molecule has 0 aliphatic heterocycles. The molecule has 0 radical (unpaired) electrons. The Morgan fingerprint density at radius 3 is 2.68 bits per heavy atom. The lowest BCUT2D eigenvalue weighted by molar-refractivity contribution is -0.122. The normalized spacial score (nSPS) is 28.0. The van der Waals surface area contributed by atoms with Crippen LogP contribution in [-0.4, -0.2) is 13.0 Å². The van der Waals surface area contributed by atoms with Crippen molar-refractivity contribution in [3.05, 3.63) is 29.8 Å². The van der Waals surface area contributed by atoms with Gasteiger partial charge >= 0.3 is 0 Å². The number of rotatable bonds is 4. The Balaban J connectivity index is 1.62. The lowest BCUT2D eigenvalue weighted by Gasteiger charge is -2.38. The maximum atomic E-state index is 12.7. The Labute approximate surface area is 133 Å². The number of hydrogen-bond donors (Lipinski definition) is 2. The third kappa shape index (κ3) is 3.52. The van der Waals surface area contributed by atoms with Crippen molar-refractivity contribution in [3.63, 3.8) is 0 Å². The van der Waals surface area contributed by atoms with Gasteiger partial charge in [-0.2, -0.15) is 0 Å². The third-order valence-corrected chi connectivity index (χ3v) is 5.55. The van der Waals surface area contributed by atoms with Crippen LogP contribution in [0.5, 0.6) is 0 Å². The second-order valence-electron chi connectivity index (χ2n) is 6.99. The van der Waals surface area contributed by atoms with Crippen LogP contribution in [0.3, 0.4) is 0 Å². The van der Waals surface area contributed by atoms with Gasteiger partial charge in [0.15, 0.2) is 0 Å². The Bertz CT molecular complexity index is 514. The van der Waals surface area contributed by atoms with Crippen molar-refractivity contribution in [2.45, 2.75) is 51.5 Å². The summed E-state index contributed by atoms with van der Waals surface area (Å²) in [6, 6.07) is 8.10. The molecule has 3 unspecified atom stereocenters. The summed E-state index contributed by atoms with van der Waals surface area (Å²) in [5.41, 5.74) is 2.12. The van der Waals surface area contributed by atoms with Crippen LogP contribution < -0.4 is 10.6 Å². The molecular formula is C19H28N2O. The molecule has 0 aromatic heterocycles. The van der Waals surface area contributed by atoms with Crippen LogP contribution in [0, 0.1) is 17.8 Å². The van der Waals surface area contributed by atoms with Gasteiger partial charge in [0.05, 0.1) is 0 Å². The molecule has 0 heterocycles. The first-order valence-electron chi connectivity index (χ1n) is 8.81. The molecule has 3 heteroatoms. The molecular weight excluding hydrogens is 272 g/mol. The summed E-state index contributed by atoms with van der Waals surface area (Å²) in [6.45, 7) is 0.784. The van der Waals surface area contributed by atoms with Gasteiger partial charge in [0, 0.05) is 18.2 Å². The third-order valence-electron chi connectivity index (χ3n) is 5.55. The van der Waals surface area contributed by atoms with Crippen molar-refractivity contribution in [1.29, 1.82) is 0 Å². The topological polar surface area (TPSA) is 41.1 Å². The number of benzene rings is 1. The van der Waals surface area contributed by atoms with Crippen molar-refractivity contribution < 1.29 is 4.79 Å². The van der Waals surface area contributed by atoms with E-state index >= 15 is 0 Å². The van der Waals surface area contributed by atoms with Gasteiger partial charge in [-0.1, -0.05) is 43.9 Å². The van der Waals surface area contributed by atoms with E-state index in [0.717, 1.165) is 42.5 Å². The average Bonchev–Trinajstić information content (AvgIpc) is 2.56. The van der Waals surface area contributed by atoms with Crippen LogP contribution in [0.2, 0.25) is 0 Å². The summed E-state index contributed by atoms with van der Waals surface area (Å²) in [5.74, 6) is 2.13. The van der Waals surface area contributed by atoms with Crippen molar-refractivity contribution in [1.82, 2.24) is 5.32 Å². The number of anilines is 1. The Hall–Kier alpha value is -1.35. The molecule has 1 aromatic carbocycles. The van der Waals surface area contributed by atoms with Crippen molar-refractivity contribution in [3.8, 4) is 0 Å². The smallest absolute Gasteiger partial charge is 0.227 e. The van der Waals surface area contributed by atoms with Crippen molar-refractivity contribution in [2.24, 2.45) is 17.8 Å². The first kappa shape index (κ1) is 15.5. The van der Waals surface area contributed by atoms with Crippen LogP contribution in [0.25, 0.3) is 0 Å². The molecule has 3 nitrogen and oxygen atoms in total. The van der Waals surface area contributed by atoms with Crippen LogP contribution in [0.4, 0.5) is 5.69 Å². The molecule has 2 aliphatic carbocycles. The summed E-state index contributed by atoms with van der Waals surface area (Å²) in [7, 11) is 1.93. The van der Waals surface area contributed by atoms with Gasteiger partial charge in [-0.05, 0) is 49.8 Å². The van der Waals surface area contributed by atoms with Crippen LogP contribution in [0.15, 0.2) is 24.3 Å². The van der Waals surface area contributed by atoms with Gasteiger partial charge < -0.3 is 10.6 Å². The van der Waals surface area contributed by atoms with E-state index < -0.39 is 0 Å². The second kappa shape index (κ2) is 7.28. The molecule has 2 fully saturated rings. The molecule has 0 bridgehead atoms. The van der Waals surface area contributed by atoms with Crippen LogP contribution in [0.1, 0.15) is 50.5 Å². The zero-order chi connectivity index (χ0) is 15.4. The van der Waals surface area contributed by atoms with Gasteiger partial charge in [-0.25, -0.2) is 0 Å². The highest BCUT2D eigenvalue weighted by Gasteiger charge is 2.35. The molecule has 1 aromatic rings. The van der Waals surface area contributed by atoms with E-state index in [9.17, 15) is 4.79 Å². The molecule has 22 heavy (non-hydrogen) atoms. The Morgan fingerprint density at radius 2 is 1.86 bits per heavy atom. The predicted octanol–water partition coefficient (Wildman–Crippen LogP) is 3.95. The molecule has 2 saturated carbocycles. The van der Waals surface area contributed by atoms with Gasteiger partial charge in [-0.15, -0.1) is 0 Å². The number of carbonyl (C=O) groups is 1. The minimum atomic E-state index is 0.210. The molecule has 0 spiro atoms. The number of amides is 1. The molecule has 2 aliphatic rings. The lowest BCUT2D eigenvalue weighted by Crippen LogP contribution is -2.34. The fourth-order valence-corrected chi connectivity index (χ4v) is 4.33. The number of hydrogen-bond acceptors (Lipinski definition) is 2. The number of nitrogens with one attached hydrogen (secondary N) is 2. The lowest BCUT2D eigenvalue weighted by atomic mass is 9.67. The fraction of sp³-hybridized carbons (Fsp3) is 0.632. The van der Waals surface area contributed by atoms with E-state index in [4.69, 9.17) is 0 Å². The fourth-order valence-electron chi connectivity index (χ4n) is 4.33. The van der Waals surface area contributed by atoms with E-state index in [1.165, 1.54) is 32.1 Å². The summed E-state index contributed by atoms with van der Waals surface area (Å²) in [6.07, 6.45) is 8.91. The number of carbonyl (C=O) groups excluding carboxylic acids is 1. The van der Waals surface area contributed by atoms with E-state index in [2.05, 4.69) is 16.7 Å². The minimum absolute atomic E-state index is 0.210. The largest absolute Gasteiger partial charge is 0.326 e. The van der Waals surface area contributed by atoms with Gasteiger partial charge in [0.1, 0.15) is 0 Å². The summed E-state index contributed by atoms with van der Waals surface area (Å²) in [5, 5.41) is 6.34. The second-order valence-corrected chi connectivity index (χ2v) is 6.99. The first-order chi connectivity index (χ1) is 10.8. The van der Waals surface area contributed by atoms with Crippen molar-refractivity contribution in [2.75, 3.05) is 12.4 Å². The van der Waals surface area contributed by atoms with E-state index in [1.807, 2.05) is 25.2 Å². The molecule has 3 rings (SSSR count). The van der Waals surface area contributed by atoms with E-state index in [1.54, 1.807) is 0 Å². The van der Waals surface area contributed by atoms with E-state index in [-0.39, 0.29) is 11.8 Å². The predicted molar refractivity (Wildman–Crippen MR) is 90.6 cm³/mol. The number of para-hydroxylation sites is 1. The SMILES string of the molecule is CNCc1ccccc1NC(=O)C1CCC2CCCCC2C1. The summed E-state index contributed by atoms with van der Waals surface area (Å²) >= 11 is 0. The molecule has 1 amide bonds. The molecule has 120 valence electrons. The van der Waals surface area contributed by atoms with Crippen LogP contribution in [-0.2, 0) is 11.3 Å². The van der Waals surface area contributed by atoms with Gasteiger partial charge in [0.25, 0.3) is 0 Å². The highest BCUT2D eigenvalue weighted by molar-refractivity contribution is 5.93. The first-order valence-corrected chi connectivity index (χ1v) is 8.81. The van der Waals surface area contributed by atoms with Crippen LogP contribution >= 0.6 is 0 Å². The Kier molecular flexibility index (Phi) is 5.14. The maximum Gasteiger partial charge on any atom is 0.227 e. The van der Waals surface area contributed by atoms with E-state index in [0.29, 0.717) is 0 Å². The van der Waals surface area contributed by atoms with Crippen molar-refractivity contribution >= 4 is 11.6 Å². The molecule has 3 atom stereocenters. The zero-order valence-corrected chi connectivity index (χ0v) is 13.6. The number of fused-ring (bicyclic) bond motifs is 1. The van der Waals surface area contributed by atoms with Gasteiger partial charge in [0.2, 0.25) is 5.91 Å². The van der Waals surface area contributed by atoms with Gasteiger partial charge in [-0.3, -0.25) is 4.79 Å². The Morgan fingerprint density at radius 1 is 1.09 bits per heavy atom. The monoisotopic (exact) mass is 300 g/mol. The molecule has 2 N–H and O–H groups in total. The quantitative estimate of drug-likeness (QED) is 0.884. The summed E-state index contributed by atoms with van der Waals surface area (Å²) in [4.78, 5) is 12.7. The standard InChI is InChI=1S/C19H28N2O/c1-20-13-17-8-4-5-9-18(17)21-19(22)16-11-10-14-6-2-3-7-15(14)12-16/h4-5,8-9,14-16,20H,2-3,6-7,10-13H2,1H3,(H,21,22). The minimum Gasteiger partial charge on any atom is -0.326 e. The maximum absolute atomic E-state index is 12.7.